The van der Waals surface area contributed by atoms with E-state index in [2.05, 4.69) is 14.9 Å². The van der Waals surface area contributed by atoms with Crippen LogP contribution in [0.4, 0.5) is 4.39 Å². The van der Waals surface area contributed by atoms with Gasteiger partial charge in [-0.2, -0.15) is 4.98 Å². The van der Waals surface area contributed by atoms with Gasteiger partial charge in [-0.3, -0.25) is 0 Å². The van der Waals surface area contributed by atoms with Gasteiger partial charge in [0.05, 0.1) is 18.6 Å². The third-order valence-electron chi connectivity index (χ3n) is 3.35. The van der Waals surface area contributed by atoms with Crippen LogP contribution in [0.25, 0.3) is 11.4 Å². The number of hydrogen-bond acceptors (Lipinski definition) is 6. The SMILES string of the molecule is COc1ccc(-c2noc(CNS(=O)(=O)c3ccc(F)cc3)n2)cc1. The molecule has 0 aliphatic rings. The fourth-order valence-electron chi connectivity index (χ4n) is 2.04. The number of rotatable bonds is 6. The molecule has 0 atom stereocenters. The molecule has 9 heteroatoms. The largest absolute Gasteiger partial charge is 0.497 e. The van der Waals surface area contributed by atoms with E-state index in [1.165, 1.54) is 12.1 Å². The van der Waals surface area contributed by atoms with Crippen molar-refractivity contribution in [2.75, 3.05) is 7.11 Å². The van der Waals surface area contributed by atoms with Crippen LogP contribution in [0.15, 0.2) is 57.9 Å². The van der Waals surface area contributed by atoms with E-state index in [4.69, 9.17) is 9.26 Å². The van der Waals surface area contributed by atoms with Crippen molar-refractivity contribution in [2.24, 2.45) is 0 Å². The van der Waals surface area contributed by atoms with Crippen LogP contribution in [-0.2, 0) is 16.6 Å². The maximum atomic E-state index is 12.9. The molecule has 7 nitrogen and oxygen atoms in total. The van der Waals surface area contributed by atoms with E-state index in [1.807, 2.05) is 0 Å². The van der Waals surface area contributed by atoms with E-state index in [9.17, 15) is 12.8 Å². The molecule has 3 rings (SSSR count). The fraction of sp³-hybridized carbons (Fsp3) is 0.125. The number of hydrogen-bond donors (Lipinski definition) is 1. The van der Waals surface area contributed by atoms with Crippen LogP contribution in [0.5, 0.6) is 5.75 Å². The lowest BCUT2D eigenvalue weighted by atomic mass is 10.2. The maximum Gasteiger partial charge on any atom is 0.242 e. The molecule has 0 amide bonds. The summed E-state index contributed by atoms with van der Waals surface area (Å²) in [7, 11) is -2.24. The Morgan fingerprint density at radius 2 is 1.80 bits per heavy atom. The first-order valence-electron chi connectivity index (χ1n) is 7.20. The van der Waals surface area contributed by atoms with Gasteiger partial charge < -0.3 is 9.26 Å². The Morgan fingerprint density at radius 1 is 1.12 bits per heavy atom. The minimum absolute atomic E-state index is 0.0520. The van der Waals surface area contributed by atoms with Gasteiger partial charge >= 0.3 is 0 Å². The van der Waals surface area contributed by atoms with E-state index < -0.39 is 15.8 Å². The second-order valence-electron chi connectivity index (χ2n) is 5.02. The highest BCUT2D eigenvalue weighted by Crippen LogP contribution is 2.19. The Hall–Kier alpha value is -2.78. The molecule has 3 aromatic rings. The number of nitrogens with zero attached hydrogens (tertiary/aromatic N) is 2. The third-order valence-corrected chi connectivity index (χ3v) is 4.77. The Labute approximate surface area is 143 Å². The molecule has 0 aliphatic heterocycles. The van der Waals surface area contributed by atoms with E-state index in [-0.39, 0.29) is 17.3 Å². The number of nitrogens with one attached hydrogen (secondary N) is 1. The number of benzene rings is 2. The van der Waals surface area contributed by atoms with Crippen molar-refractivity contribution in [1.29, 1.82) is 0 Å². The molecule has 0 bridgehead atoms. The molecule has 0 unspecified atom stereocenters. The average Bonchev–Trinajstić information content (AvgIpc) is 3.10. The minimum atomic E-state index is -3.80. The lowest BCUT2D eigenvalue weighted by Gasteiger charge is -2.04. The van der Waals surface area contributed by atoms with Gasteiger partial charge in [-0.15, -0.1) is 0 Å². The van der Waals surface area contributed by atoms with Gasteiger partial charge in [0, 0.05) is 5.56 Å². The zero-order chi connectivity index (χ0) is 17.9. The molecule has 1 N–H and O–H groups in total. The number of halogens is 1. The smallest absolute Gasteiger partial charge is 0.242 e. The van der Waals surface area contributed by atoms with Crippen molar-refractivity contribution in [3.05, 3.63) is 60.2 Å². The van der Waals surface area contributed by atoms with Gasteiger partial charge in [0.2, 0.25) is 21.7 Å². The van der Waals surface area contributed by atoms with Crippen molar-refractivity contribution in [1.82, 2.24) is 14.9 Å². The van der Waals surface area contributed by atoms with E-state index in [0.717, 1.165) is 12.1 Å². The monoisotopic (exact) mass is 363 g/mol. The highest BCUT2D eigenvalue weighted by atomic mass is 32.2. The first kappa shape index (κ1) is 17.1. The molecule has 130 valence electrons. The Balaban J connectivity index is 1.69. The van der Waals surface area contributed by atoms with Crippen molar-refractivity contribution in [3.63, 3.8) is 0 Å². The summed E-state index contributed by atoms with van der Waals surface area (Å²) in [5.41, 5.74) is 0.706. The van der Waals surface area contributed by atoms with Gasteiger partial charge in [0.1, 0.15) is 11.6 Å². The predicted octanol–water partition coefficient (Wildman–Crippen LogP) is 2.36. The summed E-state index contributed by atoms with van der Waals surface area (Å²) in [5, 5.41) is 3.82. The van der Waals surface area contributed by atoms with Gasteiger partial charge in [-0.25, -0.2) is 17.5 Å². The lowest BCUT2D eigenvalue weighted by Crippen LogP contribution is -2.23. The summed E-state index contributed by atoms with van der Waals surface area (Å²) in [6.45, 7) is -0.178. The summed E-state index contributed by atoms with van der Waals surface area (Å²) in [6.07, 6.45) is 0. The maximum absolute atomic E-state index is 12.9. The van der Waals surface area contributed by atoms with Crippen molar-refractivity contribution < 1.29 is 22.1 Å². The molecule has 0 spiro atoms. The van der Waals surface area contributed by atoms with Gasteiger partial charge in [0.25, 0.3) is 0 Å². The fourth-order valence-corrected chi connectivity index (χ4v) is 3.01. The molecular weight excluding hydrogens is 349 g/mol. The average molecular weight is 363 g/mol. The van der Waals surface area contributed by atoms with E-state index >= 15 is 0 Å². The first-order chi connectivity index (χ1) is 12.0. The number of methoxy groups -OCH3 is 1. The topological polar surface area (TPSA) is 94.3 Å². The van der Waals surface area contributed by atoms with E-state index in [1.54, 1.807) is 31.4 Å². The second kappa shape index (κ2) is 6.99. The minimum Gasteiger partial charge on any atom is -0.497 e. The summed E-state index contributed by atoms with van der Waals surface area (Å²) < 4.78 is 49.6. The van der Waals surface area contributed by atoms with Gasteiger partial charge in [-0.05, 0) is 48.5 Å². The van der Waals surface area contributed by atoms with Crippen molar-refractivity contribution >= 4 is 10.0 Å². The van der Waals surface area contributed by atoms with E-state index in [0.29, 0.717) is 17.1 Å². The molecule has 0 fully saturated rings. The van der Waals surface area contributed by atoms with Crippen LogP contribution >= 0.6 is 0 Å². The molecule has 0 radical (unpaired) electrons. The number of aromatic nitrogens is 2. The Morgan fingerprint density at radius 3 is 2.44 bits per heavy atom. The molecule has 0 aliphatic carbocycles. The number of ether oxygens (including phenoxy) is 1. The zero-order valence-electron chi connectivity index (χ0n) is 13.1. The summed E-state index contributed by atoms with van der Waals surface area (Å²) in [5.74, 6) is 0.620. The number of sulfonamides is 1. The summed E-state index contributed by atoms with van der Waals surface area (Å²) in [6, 6.07) is 11.5. The van der Waals surface area contributed by atoms with Crippen molar-refractivity contribution in [3.8, 4) is 17.1 Å². The van der Waals surface area contributed by atoms with Crippen LogP contribution in [0.1, 0.15) is 5.89 Å². The Bertz CT molecular complexity index is 954. The highest BCUT2D eigenvalue weighted by Gasteiger charge is 2.16. The molecule has 1 heterocycles. The molecule has 2 aromatic carbocycles. The predicted molar refractivity (Wildman–Crippen MR) is 86.7 cm³/mol. The van der Waals surface area contributed by atoms with Crippen LogP contribution in [0.3, 0.4) is 0 Å². The zero-order valence-corrected chi connectivity index (χ0v) is 14.0. The van der Waals surface area contributed by atoms with Crippen molar-refractivity contribution in [2.45, 2.75) is 11.4 Å². The molecule has 0 saturated carbocycles. The third kappa shape index (κ3) is 4.01. The van der Waals surface area contributed by atoms with Crippen LogP contribution in [-0.4, -0.2) is 25.7 Å². The molecule has 0 saturated heterocycles. The standard InChI is InChI=1S/C16H14FN3O4S/c1-23-13-6-2-11(3-7-13)16-19-15(24-20-16)10-18-25(21,22)14-8-4-12(17)5-9-14/h2-9,18H,10H2,1H3. The molecule has 1 aromatic heterocycles. The normalized spacial score (nSPS) is 11.4. The van der Waals surface area contributed by atoms with Crippen LogP contribution < -0.4 is 9.46 Å². The molecule has 25 heavy (non-hydrogen) atoms. The second-order valence-corrected chi connectivity index (χ2v) is 6.79. The summed E-state index contributed by atoms with van der Waals surface area (Å²) >= 11 is 0. The first-order valence-corrected chi connectivity index (χ1v) is 8.68. The molecular formula is C16H14FN3O4S. The van der Waals surface area contributed by atoms with Gasteiger partial charge in [-0.1, -0.05) is 5.16 Å². The highest BCUT2D eigenvalue weighted by molar-refractivity contribution is 7.89. The lowest BCUT2D eigenvalue weighted by molar-refractivity contribution is 0.376. The quantitative estimate of drug-likeness (QED) is 0.722. The van der Waals surface area contributed by atoms with Gasteiger partial charge in [0.15, 0.2) is 0 Å². The van der Waals surface area contributed by atoms with Crippen LogP contribution in [0.2, 0.25) is 0 Å². The van der Waals surface area contributed by atoms with Crippen LogP contribution in [0, 0.1) is 5.82 Å². The summed E-state index contributed by atoms with van der Waals surface area (Å²) in [4.78, 5) is 4.09. The Kier molecular flexibility index (Phi) is 4.77.